The Morgan fingerprint density at radius 3 is 2.44 bits per heavy atom. The first-order valence-corrected chi connectivity index (χ1v) is 10.1. The summed E-state index contributed by atoms with van der Waals surface area (Å²) in [4.78, 5) is 28.5. The van der Waals surface area contributed by atoms with Crippen molar-refractivity contribution in [3.63, 3.8) is 0 Å². The monoisotopic (exact) mass is 487 g/mol. The maximum atomic E-state index is 14.4. The summed E-state index contributed by atoms with van der Waals surface area (Å²) in [5.41, 5.74) is 2.45. The molecular formula is C22H22F5N3O4. The highest BCUT2D eigenvalue weighted by atomic mass is 19.4. The Morgan fingerprint density at radius 1 is 1.24 bits per heavy atom. The summed E-state index contributed by atoms with van der Waals surface area (Å²) in [6.07, 6.45) is -6.66. The predicted octanol–water partition coefficient (Wildman–Crippen LogP) is 3.85. The van der Waals surface area contributed by atoms with Crippen molar-refractivity contribution in [1.82, 2.24) is 4.98 Å². The number of carbonyl (C=O) groups excluding carboxylic acids is 2. The summed E-state index contributed by atoms with van der Waals surface area (Å²) < 4.78 is 80.3. The number of methoxy groups -OCH3 is 1. The molecular weight excluding hydrogens is 465 g/mol. The number of nitrogens with zero attached hydrogens (tertiary/aromatic N) is 1. The van der Waals surface area contributed by atoms with Crippen molar-refractivity contribution in [1.29, 1.82) is 0 Å². The Hall–Kier alpha value is -3.28. The van der Waals surface area contributed by atoms with Crippen molar-refractivity contribution >= 4 is 17.5 Å². The fourth-order valence-electron chi connectivity index (χ4n) is 4.12. The summed E-state index contributed by atoms with van der Waals surface area (Å²) in [6.45, 7) is 3.51. The lowest BCUT2D eigenvalue weighted by atomic mass is 9.77. The molecule has 2 amide bonds. The molecule has 7 nitrogen and oxygen atoms in total. The molecule has 2 heterocycles. The quantitative estimate of drug-likeness (QED) is 0.624. The molecule has 0 aliphatic carbocycles. The van der Waals surface area contributed by atoms with E-state index in [4.69, 9.17) is 15.2 Å². The highest BCUT2D eigenvalue weighted by Crippen LogP contribution is 2.55. The van der Waals surface area contributed by atoms with E-state index in [0.29, 0.717) is 5.69 Å². The van der Waals surface area contributed by atoms with Crippen LogP contribution in [0.15, 0.2) is 24.3 Å². The topological polar surface area (TPSA) is 104 Å². The summed E-state index contributed by atoms with van der Waals surface area (Å²) in [5.74, 6) is -7.93. The van der Waals surface area contributed by atoms with Gasteiger partial charge >= 0.3 is 6.18 Å². The van der Waals surface area contributed by atoms with Crippen molar-refractivity contribution in [2.45, 2.75) is 44.6 Å². The molecule has 1 aromatic heterocycles. The van der Waals surface area contributed by atoms with Crippen molar-refractivity contribution in [2.24, 2.45) is 11.7 Å². The Bertz CT molecular complexity index is 1140. The molecule has 0 saturated carbocycles. The molecule has 1 saturated heterocycles. The largest absolute Gasteiger partial charge is 0.493 e. The Morgan fingerprint density at radius 2 is 1.88 bits per heavy atom. The van der Waals surface area contributed by atoms with Crippen LogP contribution < -0.4 is 15.8 Å². The third-order valence-electron chi connectivity index (χ3n) is 6.04. The van der Waals surface area contributed by atoms with E-state index >= 15 is 0 Å². The average molecular weight is 487 g/mol. The van der Waals surface area contributed by atoms with Crippen LogP contribution in [-0.4, -0.2) is 41.8 Å². The molecule has 1 aromatic carbocycles. The maximum Gasteiger partial charge on any atom is 0.417 e. The highest BCUT2D eigenvalue weighted by Gasteiger charge is 2.65. The number of hydrogen-bond acceptors (Lipinski definition) is 5. The van der Waals surface area contributed by atoms with E-state index in [1.807, 2.05) is 0 Å². The van der Waals surface area contributed by atoms with Gasteiger partial charge in [-0.1, -0.05) is 13.0 Å². The minimum absolute atomic E-state index is 0.0409. The van der Waals surface area contributed by atoms with Crippen LogP contribution >= 0.6 is 0 Å². The first-order chi connectivity index (χ1) is 15.7. The molecule has 0 bridgehead atoms. The average Bonchev–Trinajstić information content (AvgIpc) is 3.01. The zero-order valence-corrected chi connectivity index (χ0v) is 18.6. The normalized spacial score (nSPS) is 24.7. The molecule has 184 valence electrons. The first-order valence-electron chi connectivity index (χ1n) is 10.1. The number of ether oxygens (including phenoxy) is 2. The van der Waals surface area contributed by atoms with Crippen LogP contribution in [0.3, 0.4) is 0 Å². The van der Waals surface area contributed by atoms with Crippen LogP contribution in [0.25, 0.3) is 0 Å². The smallest absolute Gasteiger partial charge is 0.417 e. The number of hydrogen-bond donors (Lipinski definition) is 2. The Labute approximate surface area is 191 Å². The molecule has 0 radical (unpaired) electrons. The standard InChI is InChI=1S/C22H22F5N3O4/c1-9-7-11(8-14(29-9)19(28)31)30-20(32)18-15(10(2)21(3,34-18)22(25,26)27)12-5-6-13(23)16(24)17(12)33-4/h5-8,10,15,18H,1-4H3,(H2,28,31)(H,29,30,32)/t10-,15-,18+,21+/m0/s1. The minimum atomic E-state index is -4.89. The number of aryl methyl sites for hydroxylation is 1. The van der Waals surface area contributed by atoms with Crippen molar-refractivity contribution < 1.29 is 41.0 Å². The molecule has 12 heteroatoms. The number of anilines is 1. The lowest BCUT2D eigenvalue weighted by Crippen LogP contribution is -2.47. The third kappa shape index (κ3) is 4.29. The van der Waals surface area contributed by atoms with E-state index in [-0.39, 0.29) is 16.9 Å². The first kappa shape index (κ1) is 25.3. The van der Waals surface area contributed by atoms with E-state index in [0.717, 1.165) is 32.2 Å². The van der Waals surface area contributed by atoms with Crippen LogP contribution in [0, 0.1) is 24.5 Å². The molecule has 4 atom stereocenters. The number of halogens is 5. The number of nitrogens with two attached hydrogens (primary N) is 1. The summed E-state index contributed by atoms with van der Waals surface area (Å²) in [5, 5.41) is 2.41. The minimum Gasteiger partial charge on any atom is -0.493 e. The fourth-order valence-corrected chi connectivity index (χ4v) is 4.12. The number of aromatic nitrogens is 1. The van der Waals surface area contributed by atoms with Gasteiger partial charge in [-0.05, 0) is 32.0 Å². The summed E-state index contributed by atoms with van der Waals surface area (Å²) >= 11 is 0. The van der Waals surface area contributed by atoms with Crippen LogP contribution in [0.5, 0.6) is 5.75 Å². The number of pyridine rings is 1. The second-order valence-corrected chi connectivity index (χ2v) is 8.18. The van der Waals surface area contributed by atoms with Crippen LogP contribution in [0.1, 0.15) is 41.5 Å². The zero-order chi connectivity index (χ0) is 25.6. The van der Waals surface area contributed by atoms with Gasteiger partial charge in [0.1, 0.15) is 11.8 Å². The second-order valence-electron chi connectivity index (χ2n) is 8.18. The zero-order valence-electron chi connectivity index (χ0n) is 18.6. The van der Waals surface area contributed by atoms with Gasteiger partial charge in [0, 0.05) is 28.8 Å². The predicted molar refractivity (Wildman–Crippen MR) is 110 cm³/mol. The van der Waals surface area contributed by atoms with E-state index in [2.05, 4.69) is 10.3 Å². The van der Waals surface area contributed by atoms with Gasteiger partial charge in [-0.3, -0.25) is 9.59 Å². The third-order valence-corrected chi connectivity index (χ3v) is 6.04. The van der Waals surface area contributed by atoms with Crippen LogP contribution in [0.2, 0.25) is 0 Å². The van der Waals surface area contributed by atoms with Gasteiger partial charge in [0.2, 0.25) is 5.82 Å². The lowest BCUT2D eigenvalue weighted by Gasteiger charge is -2.32. The van der Waals surface area contributed by atoms with Gasteiger partial charge in [-0.25, -0.2) is 9.37 Å². The Kier molecular flexibility index (Phi) is 6.57. The number of alkyl halides is 3. The molecule has 2 aromatic rings. The maximum absolute atomic E-state index is 14.4. The van der Waals surface area contributed by atoms with E-state index in [9.17, 15) is 31.5 Å². The Balaban J connectivity index is 2.09. The van der Waals surface area contributed by atoms with Crippen LogP contribution in [0.4, 0.5) is 27.6 Å². The number of amides is 2. The summed E-state index contributed by atoms with van der Waals surface area (Å²) in [7, 11) is 1.03. The molecule has 3 N–H and O–H groups in total. The molecule has 0 unspecified atom stereocenters. The van der Waals surface area contributed by atoms with Gasteiger partial charge in [-0.15, -0.1) is 0 Å². The van der Waals surface area contributed by atoms with E-state index < -0.39 is 58.9 Å². The van der Waals surface area contributed by atoms with Crippen molar-refractivity contribution in [3.8, 4) is 5.75 Å². The summed E-state index contributed by atoms with van der Waals surface area (Å²) in [6, 6.07) is 4.33. The number of nitrogens with one attached hydrogen (secondary N) is 1. The van der Waals surface area contributed by atoms with Gasteiger partial charge in [0.25, 0.3) is 11.8 Å². The van der Waals surface area contributed by atoms with Crippen molar-refractivity contribution in [2.75, 3.05) is 12.4 Å². The van der Waals surface area contributed by atoms with Gasteiger partial charge in [-0.2, -0.15) is 17.6 Å². The molecule has 1 aliphatic heterocycles. The lowest BCUT2D eigenvalue weighted by molar-refractivity contribution is -0.272. The van der Waals surface area contributed by atoms with Gasteiger partial charge in [0.05, 0.1) is 7.11 Å². The van der Waals surface area contributed by atoms with Crippen molar-refractivity contribution in [3.05, 3.63) is 52.9 Å². The number of carbonyl (C=O) groups is 2. The number of primary amides is 1. The van der Waals surface area contributed by atoms with Gasteiger partial charge < -0.3 is 20.5 Å². The second kappa shape index (κ2) is 8.82. The number of benzene rings is 1. The van der Waals surface area contributed by atoms with E-state index in [1.165, 1.54) is 19.9 Å². The van der Waals surface area contributed by atoms with Crippen LogP contribution in [-0.2, 0) is 9.53 Å². The fraction of sp³-hybridized carbons (Fsp3) is 0.409. The molecule has 3 rings (SSSR count). The molecule has 0 spiro atoms. The van der Waals surface area contributed by atoms with E-state index in [1.54, 1.807) is 0 Å². The van der Waals surface area contributed by atoms with Gasteiger partial charge in [0.15, 0.2) is 17.2 Å². The molecule has 34 heavy (non-hydrogen) atoms. The molecule has 1 fully saturated rings. The SMILES string of the molecule is COc1c([C@H]2[C@H](C(=O)Nc3cc(C)nc(C(N)=O)c3)O[C@@](C)(C(F)(F)F)[C@H]2C)ccc(F)c1F. The highest BCUT2D eigenvalue weighted by molar-refractivity contribution is 5.97. The number of rotatable bonds is 5. The molecule has 1 aliphatic rings.